The zero-order valence-electron chi connectivity index (χ0n) is 20.2. The van der Waals surface area contributed by atoms with E-state index in [0.29, 0.717) is 11.9 Å². The number of piperidine rings is 1. The van der Waals surface area contributed by atoms with Crippen molar-refractivity contribution in [3.8, 4) is 0 Å². The summed E-state index contributed by atoms with van der Waals surface area (Å²) in [6.45, 7) is 10.2. The fourth-order valence-corrected chi connectivity index (χ4v) is 5.77. The molecule has 0 bridgehead atoms. The standard InChI is InChI=1S/C27H34ClN5O/c1-20(2)33-25-12-6-4-10-23(25)29-26(33)19-30-13-7-8-21(18-30)27(34)32-16-14-31(15-17-32)24-11-5-3-9-22(24)28/h3-6,9-12,20-21H,7-8,13-19H2,1-2H3/t21-/m0/s1. The van der Waals surface area contributed by atoms with Crippen LogP contribution in [-0.2, 0) is 11.3 Å². The van der Waals surface area contributed by atoms with E-state index in [1.807, 2.05) is 24.3 Å². The molecule has 3 heterocycles. The number of piperazine rings is 1. The molecule has 7 heteroatoms. The van der Waals surface area contributed by atoms with Gasteiger partial charge in [-0.25, -0.2) is 4.98 Å². The highest BCUT2D eigenvalue weighted by Gasteiger charge is 2.32. The number of carbonyl (C=O) groups excluding carboxylic acids is 1. The third-order valence-electron chi connectivity index (χ3n) is 7.19. The Kier molecular flexibility index (Phi) is 6.79. The number of carbonyl (C=O) groups is 1. The Morgan fingerprint density at radius 2 is 1.76 bits per heavy atom. The van der Waals surface area contributed by atoms with Gasteiger partial charge in [0.05, 0.1) is 34.2 Å². The van der Waals surface area contributed by atoms with Crippen molar-refractivity contribution in [2.75, 3.05) is 44.2 Å². The molecule has 6 nitrogen and oxygen atoms in total. The molecule has 34 heavy (non-hydrogen) atoms. The highest BCUT2D eigenvalue weighted by Crippen LogP contribution is 2.28. The van der Waals surface area contributed by atoms with E-state index in [-0.39, 0.29) is 5.92 Å². The second-order valence-corrected chi connectivity index (χ2v) is 10.2. The van der Waals surface area contributed by atoms with Gasteiger partial charge in [-0.05, 0) is 57.5 Å². The first-order valence-electron chi connectivity index (χ1n) is 12.5. The van der Waals surface area contributed by atoms with Crippen molar-refractivity contribution in [2.45, 2.75) is 39.3 Å². The predicted molar refractivity (Wildman–Crippen MR) is 138 cm³/mol. The molecule has 180 valence electrons. The number of anilines is 1. The van der Waals surface area contributed by atoms with Gasteiger partial charge in [0.25, 0.3) is 0 Å². The Balaban J connectivity index is 1.22. The number of halogens is 1. The van der Waals surface area contributed by atoms with Crippen LogP contribution in [0.3, 0.4) is 0 Å². The lowest BCUT2D eigenvalue weighted by molar-refractivity contribution is -0.137. The average molecular weight is 480 g/mol. The zero-order valence-corrected chi connectivity index (χ0v) is 20.9. The molecule has 1 aromatic heterocycles. The van der Waals surface area contributed by atoms with Crippen LogP contribution in [0.1, 0.15) is 38.6 Å². The van der Waals surface area contributed by atoms with Gasteiger partial charge < -0.3 is 14.4 Å². The largest absolute Gasteiger partial charge is 0.367 e. The lowest BCUT2D eigenvalue weighted by Gasteiger charge is -2.40. The van der Waals surface area contributed by atoms with E-state index in [9.17, 15) is 4.79 Å². The van der Waals surface area contributed by atoms with Crippen LogP contribution in [0.5, 0.6) is 0 Å². The van der Waals surface area contributed by atoms with E-state index in [2.05, 4.69) is 57.4 Å². The summed E-state index contributed by atoms with van der Waals surface area (Å²) in [6.07, 6.45) is 2.03. The normalized spacial score (nSPS) is 19.8. The molecule has 0 spiro atoms. The van der Waals surface area contributed by atoms with Crippen molar-refractivity contribution >= 4 is 34.2 Å². The molecule has 2 aliphatic rings. The number of likely N-dealkylation sites (tertiary alicyclic amines) is 1. The fraction of sp³-hybridized carbons (Fsp3) is 0.481. The van der Waals surface area contributed by atoms with E-state index in [1.165, 1.54) is 5.52 Å². The maximum absolute atomic E-state index is 13.4. The first kappa shape index (κ1) is 23.2. The fourth-order valence-electron chi connectivity index (χ4n) is 5.52. The molecule has 3 aromatic rings. The Morgan fingerprint density at radius 3 is 2.53 bits per heavy atom. The third-order valence-corrected chi connectivity index (χ3v) is 7.51. The minimum absolute atomic E-state index is 0.0671. The minimum Gasteiger partial charge on any atom is -0.367 e. The van der Waals surface area contributed by atoms with Crippen molar-refractivity contribution in [1.82, 2.24) is 19.4 Å². The summed E-state index contributed by atoms with van der Waals surface area (Å²) in [5.74, 6) is 1.47. The summed E-state index contributed by atoms with van der Waals surface area (Å²) in [6, 6.07) is 16.7. The lowest BCUT2D eigenvalue weighted by atomic mass is 9.96. The molecule has 5 rings (SSSR count). The van der Waals surface area contributed by atoms with Gasteiger partial charge in [0.15, 0.2) is 0 Å². The van der Waals surface area contributed by atoms with Crippen LogP contribution in [0.25, 0.3) is 11.0 Å². The minimum atomic E-state index is 0.0671. The van der Waals surface area contributed by atoms with Crippen molar-refractivity contribution in [1.29, 1.82) is 0 Å². The van der Waals surface area contributed by atoms with Crippen LogP contribution in [0.15, 0.2) is 48.5 Å². The number of amides is 1. The summed E-state index contributed by atoms with van der Waals surface area (Å²) in [5.41, 5.74) is 3.30. The number of hydrogen-bond acceptors (Lipinski definition) is 4. The first-order chi connectivity index (χ1) is 16.5. The molecule has 1 atom stereocenters. The zero-order chi connectivity index (χ0) is 23.7. The van der Waals surface area contributed by atoms with E-state index < -0.39 is 0 Å². The monoisotopic (exact) mass is 479 g/mol. The van der Waals surface area contributed by atoms with Gasteiger partial charge in [0.2, 0.25) is 5.91 Å². The van der Waals surface area contributed by atoms with Crippen molar-refractivity contribution in [3.05, 3.63) is 59.4 Å². The van der Waals surface area contributed by atoms with E-state index in [1.54, 1.807) is 0 Å². The quantitative estimate of drug-likeness (QED) is 0.525. The Bertz CT molecular complexity index is 1150. The van der Waals surface area contributed by atoms with Gasteiger partial charge in [-0.15, -0.1) is 0 Å². The van der Waals surface area contributed by atoms with Crippen LogP contribution >= 0.6 is 11.6 Å². The number of aromatic nitrogens is 2. The van der Waals surface area contributed by atoms with Crippen LogP contribution < -0.4 is 4.90 Å². The second kappa shape index (κ2) is 9.96. The maximum atomic E-state index is 13.4. The van der Waals surface area contributed by atoms with Gasteiger partial charge in [0, 0.05) is 38.8 Å². The Labute approximate surface area is 207 Å². The highest BCUT2D eigenvalue weighted by molar-refractivity contribution is 6.33. The maximum Gasteiger partial charge on any atom is 0.227 e. The summed E-state index contributed by atoms with van der Waals surface area (Å²) in [4.78, 5) is 25.1. The smallest absolute Gasteiger partial charge is 0.227 e. The van der Waals surface area contributed by atoms with E-state index >= 15 is 0 Å². The molecule has 2 aromatic carbocycles. The number of para-hydroxylation sites is 3. The summed E-state index contributed by atoms with van der Waals surface area (Å²) in [5, 5.41) is 0.776. The Hall–Kier alpha value is -2.57. The number of nitrogens with zero attached hydrogens (tertiary/aromatic N) is 5. The number of rotatable bonds is 5. The lowest BCUT2D eigenvalue weighted by Crippen LogP contribution is -2.52. The van der Waals surface area contributed by atoms with Crippen molar-refractivity contribution < 1.29 is 4.79 Å². The number of imidazole rings is 1. The molecule has 2 fully saturated rings. The van der Waals surface area contributed by atoms with Gasteiger partial charge in [-0.1, -0.05) is 35.9 Å². The van der Waals surface area contributed by atoms with Crippen LogP contribution in [0.4, 0.5) is 5.69 Å². The third kappa shape index (κ3) is 4.66. The summed E-state index contributed by atoms with van der Waals surface area (Å²) in [7, 11) is 0. The van der Waals surface area contributed by atoms with Gasteiger partial charge in [-0.2, -0.15) is 0 Å². The van der Waals surface area contributed by atoms with Crippen LogP contribution in [-0.4, -0.2) is 64.5 Å². The molecule has 2 aliphatic heterocycles. The van der Waals surface area contributed by atoms with Crippen molar-refractivity contribution in [3.63, 3.8) is 0 Å². The molecule has 0 saturated carbocycles. The topological polar surface area (TPSA) is 44.6 Å². The summed E-state index contributed by atoms with van der Waals surface area (Å²) >= 11 is 6.38. The molecular weight excluding hydrogens is 446 g/mol. The molecule has 0 unspecified atom stereocenters. The molecular formula is C27H34ClN5O. The van der Waals surface area contributed by atoms with Gasteiger partial charge in [-0.3, -0.25) is 9.69 Å². The SMILES string of the molecule is CC(C)n1c(CN2CCC[C@H](C(=O)N3CCN(c4ccccc4Cl)CC3)C2)nc2ccccc21. The second-order valence-electron chi connectivity index (χ2n) is 9.82. The number of hydrogen-bond donors (Lipinski definition) is 0. The van der Waals surface area contributed by atoms with Crippen molar-refractivity contribution in [2.24, 2.45) is 5.92 Å². The first-order valence-corrected chi connectivity index (χ1v) is 12.9. The number of fused-ring (bicyclic) bond motifs is 1. The molecule has 0 N–H and O–H groups in total. The van der Waals surface area contributed by atoms with Gasteiger partial charge >= 0.3 is 0 Å². The number of benzene rings is 2. The molecule has 1 amide bonds. The molecule has 0 aliphatic carbocycles. The molecule has 2 saturated heterocycles. The van der Waals surface area contributed by atoms with Crippen LogP contribution in [0, 0.1) is 5.92 Å². The Morgan fingerprint density at radius 1 is 1.03 bits per heavy atom. The van der Waals surface area contributed by atoms with E-state index in [4.69, 9.17) is 16.6 Å². The predicted octanol–water partition coefficient (Wildman–Crippen LogP) is 4.83. The summed E-state index contributed by atoms with van der Waals surface area (Å²) < 4.78 is 2.34. The van der Waals surface area contributed by atoms with Gasteiger partial charge in [0.1, 0.15) is 5.82 Å². The highest BCUT2D eigenvalue weighted by atomic mass is 35.5. The average Bonchev–Trinajstić information content (AvgIpc) is 3.22. The van der Waals surface area contributed by atoms with E-state index in [0.717, 1.165) is 80.7 Å². The molecule has 0 radical (unpaired) electrons. The van der Waals surface area contributed by atoms with Crippen LogP contribution in [0.2, 0.25) is 5.02 Å².